The van der Waals surface area contributed by atoms with Crippen LogP contribution in [0.4, 0.5) is 0 Å². The molecule has 2 amide bonds. The van der Waals surface area contributed by atoms with Crippen LogP contribution in [0.2, 0.25) is 0 Å². The molecule has 2 fully saturated rings. The number of piperazine rings is 1. The fourth-order valence-corrected chi connectivity index (χ4v) is 4.36. The van der Waals surface area contributed by atoms with Crippen molar-refractivity contribution in [1.29, 1.82) is 0 Å². The second kappa shape index (κ2) is 7.53. The normalized spacial score (nSPS) is 22.1. The topological polar surface area (TPSA) is 61.4 Å². The van der Waals surface area contributed by atoms with Gasteiger partial charge in [0, 0.05) is 25.0 Å². The lowest BCUT2D eigenvalue weighted by atomic mass is 9.68. The minimum atomic E-state index is -0.452. The number of hydrogen-bond acceptors (Lipinski definition) is 3. The lowest BCUT2D eigenvalue weighted by molar-refractivity contribution is -0.138. The van der Waals surface area contributed by atoms with E-state index in [2.05, 4.69) is 59.2 Å². The fraction of sp³-hybridized carbons (Fsp3) is 0.364. The van der Waals surface area contributed by atoms with Crippen LogP contribution in [0.25, 0.3) is 0 Å². The monoisotopic (exact) mass is 363 g/mol. The number of carbonyl (C=O) groups is 2. The fourth-order valence-electron chi connectivity index (χ4n) is 4.36. The molecule has 1 unspecified atom stereocenters. The van der Waals surface area contributed by atoms with Crippen molar-refractivity contribution in [3.8, 4) is 0 Å². The highest BCUT2D eigenvalue weighted by molar-refractivity contribution is 5.89. The SMILES string of the molecule is O=C1CNCC(C(=O)N2CCC(c3ccccc3)(c3ccccc3)CC2)N1. The van der Waals surface area contributed by atoms with E-state index in [9.17, 15) is 9.59 Å². The van der Waals surface area contributed by atoms with Gasteiger partial charge in [-0.2, -0.15) is 0 Å². The summed E-state index contributed by atoms with van der Waals surface area (Å²) in [5.41, 5.74) is 2.53. The molecule has 140 valence electrons. The van der Waals surface area contributed by atoms with Crippen molar-refractivity contribution >= 4 is 11.8 Å². The first-order valence-corrected chi connectivity index (χ1v) is 9.59. The van der Waals surface area contributed by atoms with Gasteiger partial charge in [-0.1, -0.05) is 60.7 Å². The largest absolute Gasteiger partial charge is 0.342 e. The van der Waals surface area contributed by atoms with Gasteiger partial charge in [-0.05, 0) is 24.0 Å². The van der Waals surface area contributed by atoms with E-state index in [1.807, 2.05) is 17.0 Å². The predicted octanol–water partition coefficient (Wildman–Crippen LogP) is 1.68. The van der Waals surface area contributed by atoms with Gasteiger partial charge in [0.1, 0.15) is 6.04 Å². The highest BCUT2D eigenvalue weighted by Gasteiger charge is 2.40. The summed E-state index contributed by atoms with van der Waals surface area (Å²) in [6.07, 6.45) is 1.75. The lowest BCUT2D eigenvalue weighted by Gasteiger charge is -2.44. The molecule has 27 heavy (non-hydrogen) atoms. The van der Waals surface area contributed by atoms with Gasteiger partial charge >= 0.3 is 0 Å². The molecular formula is C22H25N3O2. The zero-order valence-corrected chi connectivity index (χ0v) is 15.4. The van der Waals surface area contributed by atoms with E-state index >= 15 is 0 Å². The maximum Gasteiger partial charge on any atom is 0.246 e. The number of benzene rings is 2. The van der Waals surface area contributed by atoms with Crippen molar-refractivity contribution in [3.63, 3.8) is 0 Å². The quantitative estimate of drug-likeness (QED) is 0.872. The first kappa shape index (κ1) is 17.7. The maximum atomic E-state index is 12.9. The molecule has 2 aliphatic heterocycles. The molecule has 0 aliphatic carbocycles. The summed E-state index contributed by atoms with van der Waals surface area (Å²) in [6, 6.07) is 20.7. The highest BCUT2D eigenvalue weighted by Crippen LogP contribution is 2.41. The van der Waals surface area contributed by atoms with Crippen molar-refractivity contribution in [1.82, 2.24) is 15.5 Å². The molecule has 2 saturated heterocycles. The van der Waals surface area contributed by atoms with Crippen LogP contribution in [0, 0.1) is 0 Å². The Kier molecular flexibility index (Phi) is 4.94. The Morgan fingerprint density at radius 3 is 2.00 bits per heavy atom. The molecule has 2 heterocycles. The van der Waals surface area contributed by atoms with Gasteiger partial charge in [0.25, 0.3) is 0 Å². The summed E-state index contributed by atoms with van der Waals surface area (Å²) in [4.78, 5) is 26.3. The Hall–Kier alpha value is -2.66. The number of amides is 2. The van der Waals surface area contributed by atoms with Crippen molar-refractivity contribution in [2.24, 2.45) is 0 Å². The van der Waals surface area contributed by atoms with E-state index < -0.39 is 6.04 Å². The van der Waals surface area contributed by atoms with E-state index in [4.69, 9.17) is 0 Å². The Balaban J connectivity index is 1.55. The summed E-state index contributed by atoms with van der Waals surface area (Å²) in [6.45, 7) is 2.17. The predicted molar refractivity (Wildman–Crippen MR) is 104 cm³/mol. The van der Waals surface area contributed by atoms with Gasteiger partial charge in [0.2, 0.25) is 11.8 Å². The number of rotatable bonds is 3. The summed E-state index contributed by atoms with van der Waals surface area (Å²) in [5, 5.41) is 5.82. The molecule has 0 spiro atoms. The summed E-state index contributed by atoms with van der Waals surface area (Å²) >= 11 is 0. The van der Waals surface area contributed by atoms with Crippen LogP contribution >= 0.6 is 0 Å². The average molecular weight is 363 g/mol. The van der Waals surface area contributed by atoms with Crippen LogP contribution in [0.1, 0.15) is 24.0 Å². The molecule has 0 aromatic heterocycles. The number of hydrogen-bond donors (Lipinski definition) is 2. The molecule has 2 aliphatic rings. The Morgan fingerprint density at radius 2 is 1.48 bits per heavy atom. The molecule has 1 atom stereocenters. The number of piperidine rings is 1. The summed E-state index contributed by atoms with van der Waals surface area (Å²) < 4.78 is 0. The van der Waals surface area contributed by atoms with E-state index in [1.165, 1.54) is 11.1 Å². The molecular weight excluding hydrogens is 338 g/mol. The molecule has 0 saturated carbocycles. The molecule has 0 bridgehead atoms. The first-order chi connectivity index (χ1) is 13.2. The Morgan fingerprint density at radius 1 is 0.926 bits per heavy atom. The maximum absolute atomic E-state index is 12.9. The van der Waals surface area contributed by atoms with Gasteiger partial charge in [-0.3, -0.25) is 9.59 Å². The molecule has 5 nitrogen and oxygen atoms in total. The van der Waals surface area contributed by atoms with E-state index in [0.29, 0.717) is 19.6 Å². The third-order valence-electron chi connectivity index (χ3n) is 5.85. The van der Waals surface area contributed by atoms with Crippen LogP contribution in [-0.4, -0.2) is 48.9 Å². The number of carbonyl (C=O) groups excluding carboxylic acids is 2. The minimum absolute atomic E-state index is 0.0188. The van der Waals surface area contributed by atoms with Crippen LogP contribution in [0.5, 0.6) is 0 Å². The molecule has 0 radical (unpaired) electrons. The van der Waals surface area contributed by atoms with Crippen LogP contribution in [0.15, 0.2) is 60.7 Å². The van der Waals surface area contributed by atoms with Gasteiger partial charge in [0.15, 0.2) is 0 Å². The number of nitrogens with zero attached hydrogens (tertiary/aromatic N) is 1. The number of nitrogens with one attached hydrogen (secondary N) is 2. The van der Waals surface area contributed by atoms with Crippen molar-refractivity contribution in [3.05, 3.63) is 71.8 Å². The van der Waals surface area contributed by atoms with Crippen LogP contribution in [-0.2, 0) is 15.0 Å². The van der Waals surface area contributed by atoms with Crippen LogP contribution < -0.4 is 10.6 Å². The van der Waals surface area contributed by atoms with Crippen molar-refractivity contribution in [2.45, 2.75) is 24.3 Å². The van der Waals surface area contributed by atoms with Gasteiger partial charge < -0.3 is 15.5 Å². The molecule has 2 N–H and O–H groups in total. The minimum Gasteiger partial charge on any atom is -0.342 e. The van der Waals surface area contributed by atoms with Gasteiger partial charge in [-0.25, -0.2) is 0 Å². The van der Waals surface area contributed by atoms with E-state index in [0.717, 1.165) is 12.8 Å². The second-order valence-electron chi connectivity index (χ2n) is 7.39. The third-order valence-corrected chi connectivity index (χ3v) is 5.85. The Labute approximate surface area is 159 Å². The number of likely N-dealkylation sites (tertiary alicyclic amines) is 1. The highest BCUT2D eigenvalue weighted by atomic mass is 16.2. The molecule has 4 rings (SSSR count). The average Bonchev–Trinajstić information content (AvgIpc) is 2.74. The van der Waals surface area contributed by atoms with Crippen LogP contribution in [0.3, 0.4) is 0 Å². The van der Waals surface area contributed by atoms with Gasteiger partial charge in [0.05, 0.1) is 6.54 Å². The molecule has 2 aromatic rings. The summed E-state index contributed by atoms with van der Waals surface area (Å²) in [7, 11) is 0. The van der Waals surface area contributed by atoms with E-state index in [-0.39, 0.29) is 23.8 Å². The van der Waals surface area contributed by atoms with E-state index in [1.54, 1.807) is 0 Å². The lowest BCUT2D eigenvalue weighted by Crippen LogP contribution is -2.60. The Bertz CT molecular complexity index is 757. The zero-order chi connectivity index (χ0) is 18.7. The van der Waals surface area contributed by atoms with Crippen molar-refractivity contribution < 1.29 is 9.59 Å². The molecule has 2 aromatic carbocycles. The second-order valence-corrected chi connectivity index (χ2v) is 7.39. The summed E-state index contributed by atoms with van der Waals surface area (Å²) in [5.74, 6) is -0.0928. The third kappa shape index (κ3) is 3.47. The standard InChI is InChI=1S/C22H25N3O2/c26-20-16-23-15-19(24-20)21(27)25-13-11-22(12-14-25,17-7-3-1-4-8-17)18-9-5-2-6-10-18/h1-10,19,23H,11-16H2,(H,24,26). The molecule has 5 heteroatoms. The first-order valence-electron chi connectivity index (χ1n) is 9.59. The van der Waals surface area contributed by atoms with Gasteiger partial charge in [-0.15, -0.1) is 0 Å². The van der Waals surface area contributed by atoms with Crippen molar-refractivity contribution in [2.75, 3.05) is 26.2 Å². The smallest absolute Gasteiger partial charge is 0.246 e. The zero-order valence-electron chi connectivity index (χ0n) is 15.4.